The molecule has 2 aromatic rings. The number of rotatable bonds is 6. The molecular formula is C15H20N4O2. The van der Waals surface area contributed by atoms with E-state index in [0.29, 0.717) is 24.4 Å². The quantitative estimate of drug-likeness (QED) is 0.628. The molecule has 0 aliphatic rings. The van der Waals surface area contributed by atoms with Crippen LogP contribution in [0.2, 0.25) is 0 Å². The molecule has 0 saturated carbocycles. The Morgan fingerprint density at radius 2 is 2.29 bits per heavy atom. The highest BCUT2D eigenvalue weighted by molar-refractivity contribution is 5.91. The predicted molar refractivity (Wildman–Crippen MR) is 82.3 cm³/mol. The van der Waals surface area contributed by atoms with Gasteiger partial charge >= 0.3 is 5.97 Å². The number of benzene rings is 1. The fourth-order valence-corrected chi connectivity index (χ4v) is 1.96. The summed E-state index contributed by atoms with van der Waals surface area (Å²) in [5.74, 6) is -0.359. The molecule has 6 heteroatoms. The number of aryl methyl sites for hydroxylation is 1. The standard InChI is InChI=1S/C15H20N4O2/c1-3-21-15(20)12-4-5-14(13(16)8-12)17-6-7-19-10-11(2)9-18-19/h4-5,8-10,17H,3,6-7,16H2,1-2H3. The van der Waals surface area contributed by atoms with E-state index < -0.39 is 0 Å². The van der Waals surface area contributed by atoms with Gasteiger partial charge in [-0.15, -0.1) is 0 Å². The largest absolute Gasteiger partial charge is 0.462 e. The number of hydrogen-bond donors (Lipinski definition) is 2. The Hall–Kier alpha value is -2.50. The lowest BCUT2D eigenvalue weighted by Crippen LogP contribution is -2.12. The third kappa shape index (κ3) is 3.98. The van der Waals surface area contributed by atoms with Crippen molar-refractivity contribution in [3.63, 3.8) is 0 Å². The van der Waals surface area contributed by atoms with Crippen molar-refractivity contribution < 1.29 is 9.53 Å². The predicted octanol–water partition coefficient (Wildman–Crippen LogP) is 2.06. The van der Waals surface area contributed by atoms with Crippen molar-refractivity contribution in [2.45, 2.75) is 20.4 Å². The molecule has 3 N–H and O–H groups in total. The number of hydrogen-bond acceptors (Lipinski definition) is 5. The summed E-state index contributed by atoms with van der Waals surface area (Å²) in [5, 5.41) is 7.44. The summed E-state index contributed by atoms with van der Waals surface area (Å²) in [6.07, 6.45) is 3.80. The van der Waals surface area contributed by atoms with Crippen LogP contribution >= 0.6 is 0 Å². The highest BCUT2D eigenvalue weighted by Gasteiger charge is 2.08. The van der Waals surface area contributed by atoms with Crippen LogP contribution in [0.3, 0.4) is 0 Å². The van der Waals surface area contributed by atoms with Gasteiger partial charge in [-0.1, -0.05) is 0 Å². The molecule has 112 valence electrons. The zero-order valence-electron chi connectivity index (χ0n) is 12.3. The van der Waals surface area contributed by atoms with E-state index in [1.807, 2.05) is 24.0 Å². The number of carbonyl (C=O) groups is 1. The minimum atomic E-state index is -0.359. The van der Waals surface area contributed by atoms with Crippen molar-refractivity contribution in [3.05, 3.63) is 41.7 Å². The van der Waals surface area contributed by atoms with E-state index in [2.05, 4.69) is 10.4 Å². The van der Waals surface area contributed by atoms with Crippen LogP contribution in [0.4, 0.5) is 11.4 Å². The van der Waals surface area contributed by atoms with Crippen molar-refractivity contribution in [2.24, 2.45) is 0 Å². The van der Waals surface area contributed by atoms with Gasteiger partial charge in [0.1, 0.15) is 0 Å². The maximum atomic E-state index is 11.6. The van der Waals surface area contributed by atoms with Crippen LogP contribution in [0.15, 0.2) is 30.6 Å². The van der Waals surface area contributed by atoms with E-state index in [9.17, 15) is 4.79 Å². The van der Waals surface area contributed by atoms with E-state index in [0.717, 1.165) is 17.8 Å². The van der Waals surface area contributed by atoms with Gasteiger partial charge in [0.2, 0.25) is 0 Å². The minimum absolute atomic E-state index is 0.349. The Morgan fingerprint density at radius 3 is 2.90 bits per heavy atom. The number of ether oxygens (including phenoxy) is 1. The number of carbonyl (C=O) groups excluding carboxylic acids is 1. The molecule has 1 heterocycles. The van der Waals surface area contributed by atoms with Gasteiger partial charge in [-0.3, -0.25) is 4.68 Å². The number of nitrogen functional groups attached to an aromatic ring is 1. The van der Waals surface area contributed by atoms with Gasteiger partial charge in [-0.05, 0) is 37.6 Å². The van der Waals surface area contributed by atoms with E-state index >= 15 is 0 Å². The zero-order chi connectivity index (χ0) is 15.2. The van der Waals surface area contributed by atoms with Crippen LogP contribution in [0.5, 0.6) is 0 Å². The lowest BCUT2D eigenvalue weighted by atomic mass is 10.1. The molecule has 0 saturated heterocycles. The molecule has 0 atom stereocenters. The van der Waals surface area contributed by atoms with Crippen LogP contribution in [-0.2, 0) is 11.3 Å². The summed E-state index contributed by atoms with van der Waals surface area (Å²) in [6.45, 7) is 5.57. The molecular weight excluding hydrogens is 268 g/mol. The molecule has 2 rings (SSSR count). The number of nitrogens with two attached hydrogens (primary N) is 1. The third-order valence-electron chi connectivity index (χ3n) is 2.98. The fraction of sp³-hybridized carbons (Fsp3) is 0.333. The Balaban J connectivity index is 1.93. The first kappa shape index (κ1) is 14.9. The second kappa shape index (κ2) is 6.78. The normalized spacial score (nSPS) is 10.4. The van der Waals surface area contributed by atoms with Crippen molar-refractivity contribution in [3.8, 4) is 0 Å². The molecule has 0 aliphatic carbocycles. The summed E-state index contributed by atoms with van der Waals surface area (Å²) in [4.78, 5) is 11.6. The van der Waals surface area contributed by atoms with Gasteiger partial charge in [-0.25, -0.2) is 4.79 Å². The Bertz CT molecular complexity index is 622. The minimum Gasteiger partial charge on any atom is -0.462 e. The summed E-state index contributed by atoms with van der Waals surface area (Å²) in [6, 6.07) is 5.11. The van der Waals surface area contributed by atoms with Crippen molar-refractivity contribution in [1.82, 2.24) is 9.78 Å². The SMILES string of the molecule is CCOC(=O)c1ccc(NCCn2cc(C)cn2)c(N)c1. The van der Waals surface area contributed by atoms with Crippen LogP contribution in [-0.4, -0.2) is 28.9 Å². The van der Waals surface area contributed by atoms with Gasteiger partial charge < -0.3 is 15.8 Å². The highest BCUT2D eigenvalue weighted by Crippen LogP contribution is 2.20. The van der Waals surface area contributed by atoms with E-state index in [1.54, 1.807) is 25.1 Å². The Labute approximate surface area is 123 Å². The number of esters is 1. The van der Waals surface area contributed by atoms with Gasteiger partial charge in [0.05, 0.1) is 36.3 Å². The first-order valence-electron chi connectivity index (χ1n) is 6.89. The van der Waals surface area contributed by atoms with Crippen molar-refractivity contribution >= 4 is 17.3 Å². The van der Waals surface area contributed by atoms with Gasteiger partial charge in [0.25, 0.3) is 0 Å². The van der Waals surface area contributed by atoms with Crippen molar-refractivity contribution in [1.29, 1.82) is 0 Å². The number of nitrogens with one attached hydrogen (secondary N) is 1. The summed E-state index contributed by atoms with van der Waals surface area (Å²) in [7, 11) is 0. The molecule has 0 fully saturated rings. The molecule has 1 aromatic carbocycles. The summed E-state index contributed by atoms with van der Waals surface area (Å²) < 4.78 is 6.80. The monoisotopic (exact) mass is 288 g/mol. The number of nitrogens with zero attached hydrogens (tertiary/aromatic N) is 2. The summed E-state index contributed by atoms with van der Waals surface area (Å²) >= 11 is 0. The average Bonchev–Trinajstić information content (AvgIpc) is 2.86. The average molecular weight is 288 g/mol. The van der Waals surface area contributed by atoms with Gasteiger partial charge in [0.15, 0.2) is 0 Å². The number of aromatic nitrogens is 2. The van der Waals surface area contributed by atoms with Gasteiger partial charge in [0, 0.05) is 12.7 Å². The lowest BCUT2D eigenvalue weighted by Gasteiger charge is -2.10. The van der Waals surface area contributed by atoms with Crippen LogP contribution in [0.1, 0.15) is 22.8 Å². The van der Waals surface area contributed by atoms with Gasteiger partial charge in [-0.2, -0.15) is 5.10 Å². The molecule has 1 aromatic heterocycles. The smallest absolute Gasteiger partial charge is 0.338 e. The first-order valence-corrected chi connectivity index (χ1v) is 6.89. The highest BCUT2D eigenvalue weighted by atomic mass is 16.5. The molecule has 0 unspecified atom stereocenters. The molecule has 21 heavy (non-hydrogen) atoms. The second-order valence-corrected chi connectivity index (χ2v) is 4.73. The molecule has 0 bridgehead atoms. The van der Waals surface area contributed by atoms with Crippen molar-refractivity contribution in [2.75, 3.05) is 24.2 Å². The fourth-order valence-electron chi connectivity index (χ4n) is 1.96. The molecule has 0 aliphatic heterocycles. The lowest BCUT2D eigenvalue weighted by molar-refractivity contribution is 0.0526. The molecule has 0 amide bonds. The number of anilines is 2. The maximum absolute atomic E-state index is 11.6. The topological polar surface area (TPSA) is 82.2 Å². The Morgan fingerprint density at radius 1 is 1.48 bits per heavy atom. The third-order valence-corrected chi connectivity index (χ3v) is 2.98. The molecule has 6 nitrogen and oxygen atoms in total. The van der Waals surface area contributed by atoms with Crippen LogP contribution in [0.25, 0.3) is 0 Å². The van der Waals surface area contributed by atoms with E-state index in [4.69, 9.17) is 10.5 Å². The van der Waals surface area contributed by atoms with E-state index in [1.165, 1.54) is 0 Å². The van der Waals surface area contributed by atoms with Crippen LogP contribution in [0, 0.1) is 6.92 Å². The maximum Gasteiger partial charge on any atom is 0.338 e. The first-order chi connectivity index (χ1) is 10.1. The van der Waals surface area contributed by atoms with E-state index in [-0.39, 0.29) is 5.97 Å². The molecule has 0 spiro atoms. The molecule has 0 radical (unpaired) electrons. The zero-order valence-corrected chi connectivity index (χ0v) is 12.3. The van der Waals surface area contributed by atoms with Crippen LogP contribution < -0.4 is 11.1 Å². The Kier molecular flexibility index (Phi) is 4.81. The summed E-state index contributed by atoms with van der Waals surface area (Å²) in [5.41, 5.74) is 8.86. The second-order valence-electron chi connectivity index (χ2n) is 4.73.